The summed E-state index contributed by atoms with van der Waals surface area (Å²) in [6.07, 6.45) is -0.441. The van der Waals surface area contributed by atoms with Crippen molar-refractivity contribution >= 4 is 11.7 Å². The lowest BCUT2D eigenvalue weighted by atomic mass is 9.93. The summed E-state index contributed by atoms with van der Waals surface area (Å²) in [6.45, 7) is 12.9. The van der Waals surface area contributed by atoms with Crippen molar-refractivity contribution in [3.8, 4) is 0 Å². The van der Waals surface area contributed by atoms with Gasteiger partial charge < -0.3 is 14.8 Å². The number of alkyl carbamates (subject to hydrolysis) is 1. The molecule has 0 spiro atoms. The summed E-state index contributed by atoms with van der Waals surface area (Å²) in [4.78, 5) is 11.8. The summed E-state index contributed by atoms with van der Waals surface area (Å²) in [7, 11) is 0. The van der Waals surface area contributed by atoms with Crippen molar-refractivity contribution < 1.29 is 14.3 Å². The highest BCUT2D eigenvalue weighted by molar-refractivity contribution is 5.68. The van der Waals surface area contributed by atoms with E-state index < -0.39 is 11.6 Å². The molecule has 0 radical (unpaired) electrons. The molecule has 0 aliphatic carbocycles. The molecule has 0 saturated heterocycles. The Bertz CT molecular complexity index is 477. The molecule has 1 amide bonds. The second-order valence-electron chi connectivity index (χ2n) is 5.44. The number of carbonyl (C=O) groups is 1. The van der Waals surface area contributed by atoms with Gasteiger partial charge in [0.1, 0.15) is 6.61 Å². The van der Waals surface area contributed by atoms with Crippen molar-refractivity contribution in [2.45, 2.75) is 33.2 Å². The topological polar surface area (TPSA) is 47.6 Å². The highest BCUT2D eigenvalue weighted by Crippen LogP contribution is 2.22. The summed E-state index contributed by atoms with van der Waals surface area (Å²) in [5.41, 5.74) is 2.61. The molecule has 0 atom stereocenters. The Morgan fingerprint density at radius 2 is 1.86 bits per heavy atom. The van der Waals surface area contributed by atoms with E-state index in [0.717, 1.165) is 16.7 Å². The van der Waals surface area contributed by atoms with Gasteiger partial charge in [0.05, 0.1) is 12.1 Å². The van der Waals surface area contributed by atoms with Crippen LogP contribution in [0.1, 0.15) is 38.8 Å². The predicted octanol–water partition coefficient (Wildman–Crippen LogP) is 3.72. The number of nitrogens with one attached hydrogen (secondary N) is 1. The fourth-order valence-corrected chi connectivity index (χ4v) is 1.87. The standard InChI is InChI=1S/C17H25NO3/c1-6-20-11-12-21-16(19)18-17(4,5)15-9-7-14(8-10-15)13(2)3/h7-10H,2,6,11-12H2,1,3-5H3,(H,18,19). The van der Waals surface area contributed by atoms with Crippen LogP contribution in [-0.2, 0) is 15.0 Å². The lowest BCUT2D eigenvalue weighted by Gasteiger charge is -2.26. The molecule has 21 heavy (non-hydrogen) atoms. The maximum atomic E-state index is 11.8. The predicted molar refractivity (Wildman–Crippen MR) is 85.2 cm³/mol. The molecule has 0 heterocycles. The molecule has 4 nitrogen and oxygen atoms in total. The molecule has 1 aromatic rings. The molecule has 0 aliphatic rings. The zero-order valence-electron chi connectivity index (χ0n) is 13.4. The number of ether oxygens (including phenoxy) is 2. The summed E-state index contributed by atoms with van der Waals surface area (Å²) >= 11 is 0. The molecule has 0 saturated carbocycles. The second kappa shape index (κ2) is 7.84. The van der Waals surface area contributed by atoms with E-state index in [-0.39, 0.29) is 6.61 Å². The van der Waals surface area contributed by atoms with Gasteiger partial charge in [0.25, 0.3) is 0 Å². The van der Waals surface area contributed by atoms with Crippen LogP contribution in [0.4, 0.5) is 4.79 Å². The first-order valence-corrected chi connectivity index (χ1v) is 7.16. The van der Waals surface area contributed by atoms with E-state index in [0.29, 0.717) is 13.2 Å². The van der Waals surface area contributed by atoms with E-state index in [1.165, 1.54) is 0 Å². The fourth-order valence-electron chi connectivity index (χ4n) is 1.87. The van der Waals surface area contributed by atoms with Crippen molar-refractivity contribution in [3.05, 3.63) is 42.0 Å². The number of benzene rings is 1. The van der Waals surface area contributed by atoms with Crippen LogP contribution in [0.15, 0.2) is 30.8 Å². The highest BCUT2D eigenvalue weighted by atomic mass is 16.6. The molecular weight excluding hydrogens is 266 g/mol. The van der Waals surface area contributed by atoms with Gasteiger partial charge in [0, 0.05) is 6.61 Å². The quantitative estimate of drug-likeness (QED) is 0.779. The van der Waals surface area contributed by atoms with Crippen LogP contribution in [0.5, 0.6) is 0 Å². The van der Waals surface area contributed by atoms with Gasteiger partial charge in [0.15, 0.2) is 0 Å². The highest BCUT2D eigenvalue weighted by Gasteiger charge is 2.23. The van der Waals surface area contributed by atoms with Crippen molar-refractivity contribution in [1.82, 2.24) is 5.32 Å². The SMILES string of the molecule is C=C(C)c1ccc(C(C)(C)NC(=O)OCCOCC)cc1. The van der Waals surface area contributed by atoms with Crippen LogP contribution in [0.25, 0.3) is 5.57 Å². The van der Waals surface area contributed by atoms with E-state index in [1.807, 2.05) is 52.0 Å². The molecule has 1 N–H and O–H groups in total. The molecule has 1 rings (SSSR count). The van der Waals surface area contributed by atoms with Crippen molar-refractivity contribution in [3.63, 3.8) is 0 Å². The Labute approximate surface area is 127 Å². The normalized spacial score (nSPS) is 11.0. The lowest BCUT2D eigenvalue weighted by molar-refractivity contribution is 0.0750. The summed E-state index contributed by atoms with van der Waals surface area (Å²) in [5, 5.41) is 2.86. The van der Waals surface area contributed by atoms with E-state index in [9.17, 15) is 4.79 Å². The number of carbonyl (C=O) groups excluding carboxylic acids is 1. The molecule has 0 unspecified atom stereocenters. The minimum atomic E-state index is -0.504. The number of allylic oxidation sites excluding steroid dienone is 1. The van der Waals surface area contributed by atoms with Crippen LogP contribution in [0.3, 0.4) is 0 Å². The summed E-state index contributed by atoms with van der Waals surface area (Å²) < 4.78 is 10.2. The number of hydrogen-bond acceptors (Lipinski definition) is 3. The molecular formula is C17H25NO3. The largest absolute Gasteiger partial charge is 0.447 e. The maximum Gasteiger partial charge on any atom is 0.407 e. The Kier molecular flexibility index (Phi) is 6.43. The number of amides is 1. The van der Waals surface area contributed by atoms with Gasteiger partial charge in [-0.1, -0.05) is 36.4 Å². The van der Waals surface area contributed by atoms with E-state index in [2.05, 4.69) is 11.9 Å². The van der Waals surface area contributed by atoms with Gasteiger partial charge >= 0.3 is 6.09 Å². The Morgan fingerprint density at radius 3 is 2.38 bits per heavy atom. The van der Waals surface area contributed by atoms with Crippen LogP contribution in [0.2, 0.25) is 0 Å². The third kappa shape index (κ3) is 5.60. The van der Waals surface area contributed by atoms with Gasteiger partial charge in [-0.2, -0.15) is 0 Å². The second-order valence-corrected chi connectivity index (χ2v) is 5.44. The first-order chi connectivity index (χ1) is 9.86. The van der Waals surface area contributed by atoms with Crippen molar-refractivity contribution in [2.75, 3.05) is 19.8 Å². The van der Waals surface area contributed by atoms with Crippen LogP contribution in [-0.4, -0.2) is 25.9 Å². The molecule has 0 fully saturated rings. The first kappa shape index (κ1) is 17.2. The molecule has 0 bridgehead atoms. The van der Waals surface area contributed by atoms with Crippen LogP contribution >= 0.6 is 0 Å². The van der Waals surface area contributed by atoms with Crippen LogP contribution in [0, 0.1) is 0 Å². The van der Waals surface area contributed by atoms with E-state index >= 15 is 0 Å². The van der Waals surface area contributed by atoms with Gasteiger partial charge in [-0.15, -0.1) is 0 Å². The molecule has 4 heteroatoms. The van der Waals surface area contributed by atoms with Gasteiger partial charge in [0.2, 0.25) is 0 Å². The number of hydrogen-bond donors (Lipinski definition) is 1. The molecule has 1 aromatic carbocycles. The van der Waals surface area contributed by atoms with Gasteiger partial charge in [-0.25, -0.2) is 4.79 Å². The monoisotopic (exact) mass is 291 g/mol. The van der Waals surface area contributed by atoms with Crippen molar-refractivity contribution in [1.29, 1.82) is 0 Å². The zero-order valence-corrected chi connectivity index (χ0v) is 13.4. The fraction of sp³-hybridized carbons (Fsp3) is 0.471. The Balaban J connectivity index is 2.59. The minimum Gasteiger partial charge on any atom is -0.447 e. The average molecular weight is 291 g/mol. The Morgan fingerprint density at radius 1 is 1.24 bits per heavy atom. The molecule has 0 aliphatic heterocycles. The molecule has 116 valence electrons. The third-order valence-corrected chi connectivity index (χ3v) is 3.18. The van der Waals surface area contributed by atoms with E-state index in [1.54, 1.807) is 0 Å². The van der Waals surface area contributed by atoms with Gasteiger partial charge in [-0.05, 0) is 38.8 Å². The Hall–Kier alpha value is -1.81. The van der Waals surface area contributed by atoms with Crippen molar-refractivity contribution in [2.24, 2.45) is 0 Å². The summed E-state index contributed by atoms with van der Waals surface area (Å²) in [5.74, 6) is 0. The average Bonchev–Trinajstić information content (AvgIpc) is 2.43. The third-order valence-electron chi connectivity index (χ3n) is 3.18. The summed E-state index contributed by atoms with van der Waals surface area (Å²) in [6, 6.07) is 7.98. The lowest BCUT2D eigenvalue weighted by Crippen LogP contribution is -2.41. The number of rotatable bonds is 7. The van der Waals surface area contributed by atoms with Gasteiger partial charge in [-0.3, -0.25) is 0 Å². The minimum absolute atomic E-state index is 0.254. The smallest absolute Gasteiger partial charge is 0.407 e. The molecule has 0 aromatic heterocycles. The van der Waals surface area contributed by atoms with E-state index in [4.69, 9.17) is 9.47 Å². The maximum absolute atomic E-state index is 11.8. The van der Waals surface area contributed by atoms with Crippen LogP contribution < -0.4 is 5.32 Å². The first-order valence-electron chi connectivity index (χ1n) is 7.16. The zero-order chi connectivity index (χ0) is 15.9.